The van der Waals surface area contributed by atoms with Crippen molar-refractivity contribution in [2.45, 2.75) is 0 Å². The first-order chi connectivity index (χ1) is 18.6. The van der Waals surface area contributed by atoms with Crippen LogP contribution in [0.2, 0.25) is 5.02 Å². The standard InChI is InChI=1S/C30H17ClN4O2S/c31-23-11-12-27-20(14-23)15-25(30(36)37-27)26-18-38-29(33-26)21(16-32)13-22-17-35(24-9-5-2-6-10-24)34-28(22)19-7-3-1-4-8-19/h1-15,17-18H. The number of rotatable bonds is 5. The molecule has 0 spiro atoms. The number of nitrogens with zero attached hydrogens (tertiary/aromatic N) is 4. The second-order valence-electron chi connectivity index (χ2n) is 8.42. The molecule has 6 rings (SSSR count). The fourth-order valence-electron chi connectivity index (χ4n) is 4.12. The van der Waals surface area contributed by atoms with Gasteiger partial charge < -0.3 is 4.42 Å². The number of aromatic nitrogens is 3. The number of thiazole rings is 1. The predicted molar refractivity (Wildman–Crippen MR) is 151 cm³/mol. The first kappa shape index (κ1) is 23.6. The van der Waals surface area contributed by atoms with Crippen LogP contribution in [-0.4, -0.2) is 14.8 Å². The van der Waals surface area contributed by atoms with E-state index in [0.717, 1.165) is 22.5 Å². The summed E-state index contributed by atoms with van der Waals surface area (Å²) in [5.41, 5.74) is 4.39. The van der Waals surface area contributed by atoms with Crippen LogP contribution in [0.4, 0.5) is 0 Å². The van der Waals surface area contributed by atoms with E-state index in [-0.39, 0.29) is 0 Å². The van der Waals surface area contributed by atoms with Gasteiger partial charge in [0.15, 0.2) is 0 Å². The zero-order valence-corrected chi connectivity index (χ0v) is 21.3. The molecular formula is C30H17ClN4O2S. The van der Waals surface area contributed by atoms with Crippen LogP contribution in [0, 0.1) is 11.3 Å². The molecule has 0 bridgehead atoms. The number of nitriles is 1. The highest BCUT2D eigenvalue weighted by Gasteiger charge is 2.16. The molecule has 3 aromatic carbocycles. The Morgan fingerprint density at radius 3 is 2.55 bits per heavy atom. The van der Waals surface area contributed by atoms with Gasteiger partial charge in [-0.2, -0.15) is 10.4 Å². The molecule has 0 unspecified atom stereocenters. The fourth-order valence-corrected chi connectivity index (χ4v) is 5.08. The second kappa shape index (κ2) is 9.94. The Bertz CT molecular complexity index is 1920. The maximum Gasteiger partial charge on any atom is 0.345 e. The lowest BCUT2D eigenvalue weighted by Gasteiger charge is -2.01. The van der Waals surface area contributed by atoms with E-state index >= 15 is 0 Å². The van der Waals surface area contributed by atoms with Crippen molar-refractivity contribution in [2.75, 3.05) is 0 Å². The van der Waals surface area contributed by atoms with Crippen LogP contribution in [0.1, 0.15) is 10.6 Å². The van der Waals surface area contributed by atoms with Gasteiger partial charge in [-0.1, -0.05) is 60.1 Å². The van der Waals surface area contributed by atoms with Crippen LogP contribution in [0.3, 0.4) is 0 Å². The normalized spacial score (nSPS) is 11.5. The largest absolute Gasteiger partial charge is 0.422 e. The van der Waals surface area contributed by atoms with Gasteiger partial charge in [0.25, 0.3) is 0 Å². The lowest BCUT2D eigenvalue weighted by atomic mass is 10.1. The van der Waals surface area contributed by atoms with Crippen molar-refractivity contribution >= 4 is 45.6 Å². The Kier molecular flexibility index (Phi) is 6.18. The molecular weight excluding hydrogens is 516 g/mol. The third kappa shape index (κ3) is 4.55. The van der Waals surface area contributed by atoms with Gasteiger partial charge in [0.05, 0.1) is 28.2 Å². The number of para-hydroxylation sites is 1. The summed E-state index contributed by atoms with van der Waals surface area (Å²) in [5, 5.41) is 18.3. The van der Waals surface area contributed by atoms with E-state index in [1.165, 1.54) is 11.3 Å². The number of fused-ring (bicyclic) bond motifs is 1. The minimum Gasteiger partial charge on any atom is -0.422 e. The number of hydrogen-bond donors (Lipinski definition) is 0. The molecule has 3 aromatic heterocycles. The van der Waals surface area contributed by atoms with E-state index in [9.17, 15) is 10.1 Å². The van der Waals surface area contributed by atoms with Crippen molar-refractivity contribution in [3.8, 4) is 34.3 Å². The lowest BCUT2D eigenvalue weighted by molar-refractivity contribution is 0.563. The lowest BCUT2D eigenvalue weighted by Crippen LogP contribution is -2.02. The second-order valence-corrected chi connectivity index (χ2v) is 9.71. The van der Waals surface area contributed by atoms with Gasteiger partial charge in [0, 0.05) is 33.1 Å². The Morgan fingerprint density at radius 1 is 1.03 bits per heavy atom. The number of allylic oxidation sites excluding steroid dienone is 1. The third-order valence-corrected chi connectivity index (χ3v) is 7.05. The molecule has 0 saturated carbocycles. The molecule has 38 heavy (non-hydrogen) atoms. The highest BCUT2D eigenvalue weighted by Crippen LogP contribution is 2.31. The summed E-state index contributed by atoms with van der Waals surface area (Å²) < 4.78 is 7.26. The molecule has 0 fully saturated rings. The Labute approximate surface area is 226 Å². The molecule has 0 saturated heterocycles. The number of hydrogen-bond acceptors (Lipinski definition) is 6. The van der Waals surface area contributed by atoms with Crippen molar-refractivity contribution in [2.24, 2.45) is 0 Å². The molecule has 0 amide bonds. The summed E-state index contributed by atoms with van der Waals surface area (Å²) in [6.07, 6.45) is 3.67. The van der Waals surface area contributed by atoms with Crippen molar-refractivity contribution in [1.82, 2.24) is 14.8 Å². The van der Waals surface area contributed by atoms with E-state index in [0.29, 0.717) is 37.8 Å². The molecule has 0 aliphatic heterocycles. The predicted octanol–water partition coefficient (Wildman–Crippen LogP) is 7.49. The van der Waals surface area contributed by atoms with E-state index in [2.05, 4.69) is 11.1 Å². The Balaban J connectivity index is 1.43. The van der Waals surface area contributed by atoms with Gasteiger partial charge in [-0.25, -0.2) is 14.5 Å². The molecule has 0 aliphatic carbocycles. The topological polar surface area (TPSA) is 84.7 Å². The van der Waals surface area contributed by atoms with E-state index in [1.807, 2.05) is 66.9 Å². The summed E-state index contributed by atoms with van der Waals surface area (Å²) >= 11 is 7.40. The zero-order chi connectivity index (χ0) is 26.1. The molecule has 0 N–H and O–H groups in total. The van der Waals surface area contributed by atoms with Crippen LogP contribution in [0.25, 0.3) is 50.8 Å². The SMILES string of the molecule is N#CC(=Cc1cn(-c2ccccc2)nc1-c1ccccc1)c1nc(-c2cc3cc(Cl)ccc3oc2=O)cs1. The monoisotopic (exact) mass is 532 g/mol. The highest BCUT2D eigenvalue weighted by atomic mass is 35.5. The van der Waals surface area contributed by atoms with Crippen LogP contribution in [0.5, 0.6) is 0 Å². The molecule has 3 heterocycles. The molecule has 6 nitrogen and oxygen atoms in total. The minimum atomic E-state index is -0.505. The third-order valence-electron chi connectivity index (χ3n) is 5.94. The molecule has 6 aromatic rings. The average molecular weight is 533 g/mol. The summed E-state index contributed by atoms with van der Waals surface area (Å²) in [7, 11) is 0. The van der Waals surface area contributed by atoms with Crippen LogP contribution < -0.4 is 5.63 Å². The summed E-state index contributed by atoms with van der Waals surface area (Å²) in [5.74, 6) is 0. The van der Waals surface area contributed by atoms with Gasteiger partial charge in [-0.3, -0.25) is 0 Å². The van der Waals surface area contributed by atoms with Crippen molar-refractivity contribution < 1.29 is 4.42 Å². The van der Waals surface area contributed by atoms with Gasteiger partial charge >= 0.3 is 5.63 Å². The maximum absolute atomic E-state index is 12.7. The number of halogens is 1. The molecule has 0 aliphatic rings. The molecule has 182 valence electrons. The minimum absolute atomic E-state index is 0.307. The fraction of sp³-hybridized carbons (Fsp3) is 0. The molecule has 8 heteroatoms. The number of benzene rings is 3. The van der Waals surface area contributed by atoms with Gasteiger partial charge in [0.1, 0.15) is 16.7 Å². The summed E-state index contributed by atoms with van der Waals surface area (Å²) in [6, 6.07) is 28.6. The highest BCUT2D eigenvalue weighted by molar-refractivity contribution is 7.11. The van der Waals surface area contributed by atoms with E-state index < -0.39 is 5.63 Å². The maximum atomic E-state index is 12.7. The Hall–Kier alpha value is -4.77. The van der Waals surface area contributed by atoms with Gasteiger partial charge in [-0.15, -0.1) is 11.3 Å². The van der Waals surface area contributed by atoms with Crippen molar-refractivity contribution in [3.05, 3.63) is 123 Å². The van der Waals surface area contributed by atoms with Crippen molar-refractivity contribution in [1.29, 1.82) is 5.26 Å². The van der Waals surface area contributed by atoms with Crippen LogP contribution in [-0.2, 0) is 0 Å². The first-order valence-corrected chi connectivity index (χ1v) is 12.9. The van der Waals surface area contributed by atoms with E-state index in [4.69, 9.17) is 21.1 Å². The van der Waals surface area contributed by atoms with Gasteiger partial charge in [0.2, 0.25) is 0 Å². The van der Waals surface area contributed by atoms with Crippen LogP contribution in [0.15, 0.2) is 106 Å². The molecule has 0 radical (unpaired) electrons. The molecule has 0 atom stereocenters. The van der Waals surface area contributed by atoms with E-state index in [1.54, 1.807) is 40.4 Å². The first-order valence-electron chi connectivity index (χ1n) is 11.6. The zero-order valence-electron chi connectivity index (χ0n) is 19.7. The quantitative estimate of drug-likeness (QED) is 0.170. The summed E-state index contributed by atoms with van der Waals surface area (Å²) in [6.45, 7) is 0. The Morgan fingerprint density at radius 2 is 1.79 bits per heavy atom. The van der Waals surface area contributed by atoms with Crippen molar-refractivity contribution in [3.63, 3.8) is 0 Å². The smallest absolute Gasteiger partial charge is 0.345 e. The van der Waals surface area contributed by atoms with Crippen LogP contribution >= 0.6 is 22.9 Å². The van der Waals surface area contributed by atoms with Gasteiger partial charge in [-0.05, 0) is 42.5 Å². The average Bonchev–Trinajstić information content (AvgIpc) is 3.60. The summed E-state index contributed by atoms with van der Waals surface area (Å²) in [4.78, 5) is 17.3.